The molecular formula is C17H24N4. The molecule has 112 valence electrons. The fourth-order valence-electron chi connectivity index (χ4n) is 2.16. The third-order valence-corrected chi connectivity index (χ3v) is 3.76. The van der Waals surface area contributed by atoms with Gasteiger partial charge in [-0.15, -0.1) is 0 Å². The zero-order valence-corrected chi connectivity index (χ0v) is 13.3. The van der Waals surface area contributed by atoms with E-state index < -0.39 is 0 Å². The Bertz CT molecular complexity index is 595. The van der Waals surface area contributed by atoms with Crippen molar-refractivity contribution in [1.29, 1.82) is 0 Å². The second-order valence-corrected chi connectivity index (χ2v) is 5.41. The molecule has 0 saturated carbocycles. The first-order valence-electron chi connectivity index (χ1n) is 7.48. The van der Waals surface area contributed by atoms with Gasteiger partial charge in [-0.1, -0.05) is 25.5 Å². The van der Waals surface area contributed by atoms with E-state index in [-0.39, 0.29) is 0 Å². The molecule has 4 nitrogen and oxygen atoms in total. The van der Waals surface area contributed by atoms with Gasteiger partial charge < -0.3 is 10.2 Å². The molecule has 0 saturated heterocycles. The number of hydrogen-bond acceptors (Lipinski definition) is 4. The van der Waals surface area contributed by atoms with Crippen LogP contribution in [0, 0.1) is 13.8 Å². The average molecular weight is 284 g/mol. The van der Waals surface area contributed by atoms with Crippen LogP contribution in [0.15, 0.2) is 30.6 Å². The fraction of sp³-hybridized carbons (Fsp3) is 0.412. The van der Waals surface area contributed by atoms with Gasteiger partial charge in [0.2, 0.25) is 0 Å². The van der Waals surface area contributed by atoms with Gasteiger partial charge in [-0.3, -0.25) is 0 Å². The van der Waals surface area contributed by atoms with E-state index in [9.17, 15) is 0 Å². The Morgan fingerprint density at radius 1 is 1.19 bits per heavy atom. The summed E-state index contributed by atoms with van der Waals surface area (Å²) in [6, 6.07) is 8.24. The maximum absolute atomic E-state index is 4.35. The van der Waals surface area contributed by atoms with Gasteiger partial charge in [0.1, 0.15) is 18.0 Å². The summed E-state index contributed by atoms with van der Waals surface area (Å²) < 4.78 is 0. The topological polar surface area (TPSA) is 41.0 Å². The highest BCUT2D eigenvalue weighted by atomic mass is 15.2. The molecule has 1 aromatic heterocycles. The highest BCUT2D eigenvalue weighted by Gasteiger charge is 2.06. The predicted octanol–water partition coefficient (Wildman–Crippen LogP) is 4.07. The first-order valence-corrected chi connectivity index (χ1v) is 7.48. The number of rotatable bonds is 6. The van der Waals surface area contributed by atoms with Gasteiger partial charge in [0.15, 0.2) is 0 Å². The van der Waals surface area contributed by atoms with Gasteiger partial charge in [-0.05, 0) is 37.5 Å². The van der Waals surface area contributed by atoms with E-state index >= 15 is 0 Å². The van der Waals surface area contributed by atoms with Crippen LogP contribution in [-0.4, -0.2) is 23.6 Å². The quantitative estimate of drug-likeness (QED) is 0.868. The van der Waals surface area contributed by atoms with E-state index in [2.05, 4.69) is 66.2 Å². The van der Waals surface area contributed by atoms with E-state index in [1.165, 1.54) is 24.0 Å². The van der Waals surface area contributed by atoms with Crippen LogP contribution < -0.4 is 10.2 Å². The Balaban J connectivity index is 2.16. The van der Waals surface area contributed by atoms with Gasteiger partial charge in [-0.25, -0.2) is 9.97 Å². The first-order chi connectivity index (χ1) is 10.1. The molecule has 21 heavy (non-hydrogen) atoms. The van der Waals surface area contributed by atoms with Crippen molar-refractivity contribution in [3.05, 3.63) is 41.7 Å². The molecule has 1 heterocycles. The van der Waals surface area contributed by atoms with Crippen LogP contribution in [0.4, 0.5) is 17.3 Å². The number of aromatic nitrogens is 2. The number of nitrogens with one attached hydrogen (secondary N) is 1. The molecule has 0 fully saturated rings. The average Bonchev–Trinajstić information content (AvgIpc) is 2.50. The highest BCUT2D eigenvalue weighted by Crippen LogP contribution is 2.23. The molecule has 2 rings (SSSR count). The van der Waals surface area contributed by atoms with Crippen molar-refractivity contribution >= 4 is 17.3 Å². The van der Waals surface area contributed by atoms with Crippen molar-refractivity contribution in [2.45, 2.75) is 33.6 Å². The number of aryl methyl sites for hydroxylation is 1. The molecule has 1 N–H and O–H groups in total. The third kappa shape index (κ3) is 3.94. The molecular weight excluding hydrogens is 260 g/mol. The van der Waals surface area contributed by atoms with Crippen LogP contribution in [0.3, 0.4) is 0 Å². The van der Waals surface area contributed by atoms with Crippen LogP contribution in [-0.2, 0) is 0 Å². The lowest BCUT2D eigenvalue weighted by molar-refractivity contribution is 0.758. The Labute approximate surface area is 127 Å². The van der Waals surface area contributed by atoms with Gasteiger partial charge >= 0.3 is 0 Å². The Morgan fingerprint density at radius 2 is 2.00 bits per heavy atom. The summed E-state index contributed by atoms with van der Waals surface area (Å²) >= 11 is 0. The van der Waals surface area contributed by atoms with E-state index in [4.69, 9.17) is 0 Å². The number of nitrogens with zero attached hydrogens (tertiary/aromatic N) is 3. The largest absolute Gasteiger partial charge is 0.360 e. The molecule has 2 aromatic rings. The zero-order chi connectivity index (χ0) is 15.2. The van der Waals surface area contributed by atoms with Gasteiger partial charge in [0.05, 0.1) is 0 Å². The molecule has 0 atom stereocenters. The molecule has 0 aliphatic carbocycles. The normalized spacial score (nSPS) is 10.5. The zero-order valence-electron chi connectivity index (χ0n) is 13.3. The minimum absolute atomic E-state index is 0.831. The maximum Gasteiger partial charge on any atom is 0.135 e. The minimum atomic E-state index is 0.831. The van der Waals surface area contributed by atoms with Crippen molar-refractivity contribution in [3.8, 4) is 0 Å². The lowest BCUT2D eigenvalue weighted by atomic mass is 10.1. The van der Waals surface area contributed by atoms with Crippen LogP contribution in [0.1, 0.15) is 30.9 Å². The summed E-state index contributed by atoms with van der Waals surface area (Å²) in [6.45, 7) is 7.44. The van der Waals surface area contributed by atoms with Crippen molar-refractivity contribution in [2.75, 3.05) is 23.8 Å². The standard InChI is InChI=1S/C17H24N4/c1-5-6-10-21(4)17-11-16(18-12-19-17)20-15-9-7-8-13(2)14(15)3/h7-9,11-12H,5-6,10H2,1-4H3,(H,18,19,20). The number of anilines is 3. The molecule has 1 aromatic carbocycles. The SMILES string of the molecule is CCCCN(C)c1cc(Nc2cccc(C)c2C)ncn1. The highest BCUT2D eigenvalue weighted by molar-refractivity contribution is 5.63. The third-order valence-electron chi connectivity index (χ3n) is 3.76. The molecule has 0 aliphatic rings. The van der Waals surface area contributed by atoms with Crippen LogP contribution in [0.5, 0.6) is 0 Å². The van der Waals surface area contributed by atoms with Crippen LogP contribution in [0.25, 0.3) is 0 Å². The summed E-state index contributed by atoms with van der Waals surface area (Å²) in [5, 5.41) is 3.39. The molecule has 0 bridgehead atoms. The van der Waals surface area contributed by atoms with E-state index in [1.54, 1.807) is 6.33 Å². The summed E-state index contributed by atoms with van der Waals surface area (Å²) in [7, 11) is 2.07. The van der Waals surface area contributed by atoms with Crippen LogP contribution in [0.2, 0.25) is 0 Å². The van der Waals surface area contributed by atoms with Crippen molar-refractivity contribution < 1.29 is 0 Å². The van der Waals surface area contributed by atoms with Crippen molar-refractivity contribution in [1.82, 2.24) is 9.97 Å². The first kappa shape index (κ1) is 15.3. The Kier molecular flexibility index (Phi) is 5.14. The minimum Gasteiger partial charge on any atom is -0.360 e. The number of hydrogen-bond donors (Lipinski definition) is 1. The Morgan fingerprint density at radius 3 is 2.76 bits per heavy atom. The van der Waals surface area contributed by atoms with E-state index in [1.807, 2.05) is 6.07 Å². The molecule has 0 radical (unpaired) electrons. The lowest BCUT2D eigenvalue weighted by Gasteiger charge is -2.18. The maximum atomic E-state index is 4.35. The Hall–Kier alpha value is -2.10. The molecule has 0 spiro atoms. The smallest absolute Gasteiger partial charge is 0.135 e. The van der Waals surface area contributed by atoms with Crippen LogP contribution >= 0.6 is 0 Å². The summed E-state index contributed by atoms with van der Waals surface area (Å²) in [4.78, 5) is 10.8. The molecule has 0 unspecified atom stereocenters. The monoisotopic (exact) mass is 284 g/mol. The second-order valence-electron chi connectivity index (χ2n) is 5.41. The lowest BCUT2D eigenvalue weighted by Crippen LogP contribution is -2.19. The van der Waals surface area contributed by atoms with Gasteiger partial charge in [-0.2, -0.15) is 0 Å². The summed E-state index contributed by atoms with van der Waals surface area (Å²) in [5.74, 6) is 1.78. The van der Waals surface area contributed by atoms with Gasteiger partial charge in [0.25, 0.3) is 0 Å². The molecule has 0 amide bonds. The number of unbranched alkanes of at least 4 members (excludes halogenated alkanes) is 1. The summed E-state index contributed by atoms with van der Waals surface area (Å²) in [6.07, 6.45) is 3.97. The number of benzene rings is 1. The second kappa shape index (κ2) is 7.07. The van der Waals surface area contributed by atoms with E-state index in [0.717, 1.165) is 23.9 Å². The fourth-order valence-corrected chi connectivity index (χ4v) is 2.16. The van der Waals surface area contributed by atoms with E-state index in [0.29, 0.717) is 0 Å². The predicted molar refractivity (Wildman–Crippen MR) is 89.4 cm³/mol. The molecule has 4 heteroatoms. The molecule has 0 aliphatic heterocycles. The van der Waals surface area contributed by atoms with Crippen molar-refractivity contribution in [3.63, 3.8) is 0 Å². The summed E-state index contributed by atoms with van der Waals surface area (Å²) in [5.41, 5.74) is 3.61. The van der Waals surface area contributed by atoms with Crippen molar-refractivity contribution in [2.24, 2.45) is 0 Å². The van der Waals surface area contributed by atoms with Gasteiger partial charge in [0, 0.05) is 25.3 Å².